The van der Waals surface area contributed by atoms with Crippen molar-refractivity contribution in [3.05, 3.63) is 59.6 Å². The number of sulfonamides is 1. The van der Waals surface area contributed by atoms with E-state index < -0.39 is 16.1 Å². The molecule has 0 aliphatic rings. The number of nitrogens with zero attached hydrogens (tertiary/aromatic N) is 2. The fourth-order valence-corrected chi connectivity index (χ4v) is 5.06. The van der Waals surface area contributed by atoms with Crippen molar-refractivity contribution in [2.24, 2.45) is 5.92 Å². The average Bonchev–Trinajstić information content (AvgIpc) is 3.23. The minimum atomic E-state index is -3.91. The molecular weight excluding hydrogens is 438 g/mol. The van der Waals surface area contributed by atoms with E-state index in [2.05, 4.69) is 9.71 Å². The molecule has 33 heavy (non-hydrogen) atoms. The summed E-state index contributed by atoms with van der Waals surface area (Å²) in [5.41, 5.74) is 3.59. The number of pyridine rings is 1. The summed E-state index contributed by atoms with van der Waals surface area (Å²) in [6, 6.07) is 7.46. The first-order valence-corrected chi connectivity index (χ1v) is 12.8. The molecule has 0 unspecified atom stereocenters. The summed E-state index contributed by atoms with van der Waals surface area (Å²) < 4.78 is 34.4. The van der Waals surface area contributed by atoms with Crippen molar-refractivity contribution in [2.45, 2.75) is 64.9 Å². The number of aromatic nitrogens is 1. The quantitative estimate of drug-likeness (QED) is 0.467. The van der Waals surface area contributed by atoms with Gasteiger partial charge < -0.3 is 9.32 Å². The molecule has 0 aliphatic carbocycles. The predicted molar refractivity (Wildman–Crippen MR) is 129 cm³/mol. The highest BCUT2D eigenvalue weighted by Crippen LogP contribution is 2.22. The first-order valence-electron chi connectivity index (χ1n) is 11.3. The van der Waals surface area contributed by atoms with Gasteiger partial charge in [0.05, 0.1) is 23.4 Å². The fourth-order valence-electron chi connectivity index (χ4n) is 3.82. The summed E-state index contributed by atoms with van der Waals surface area (Å²) in [6.07, 6.45) is 4.41. The SMILES string of the molecule is CCCN(Cc1nccc(C)c1C)C(=O)[C@H](CC(C)C)NS(=O)(=O)c1ccc2occc2c1. The van der Waals surface area contributed by atoms with E-state index in [0.717, 1.165) is 23.2 Å². The normalized spacial score (nSPS) is 12.9. The van der Waals surface area contributed by atoms with E-state index in [1.807, 2.05) is 40.7 Å². The third-order valence-corrected chi connectivity index (χ3v) is 7.23. The van der Waals surface area contributed by atoms with Gasteiger partial charge in [0, 0.05) is 18.1 Å². The third kappa shape index (κ3) is 6.00. The van der Waals surface area contributed by atoms with Crippen LogP contribution in [0.15, 0.2) is 52.1 Å². The number of aryl methyl sites for hydroxylation is 1. The van der Waals surface area contributed by atoms with E-state index in [-0.39, 0.29) is 16.7 Å². The number of carbonyl (C=O) groups excluding carboxylic acids is 1. The maximum absolute atomic E-state index is 13.6. The minimum absolute atomic E-state index is 0.108. The molecule has 1 N–H and O–H groups in total. The summed E-state index contributed by atoms with van der Waals surface area (Å²) in [7, 11) is -3.91. The van der Waals surface area contributed by atoms with E-state index in [4.69, 9.17) is 4.42 Å². The van der Waals surface area contributed by atoms with Crippen LogP contribution in [-0.4, -0.2) is 36.8 Å². The van der Waals surface area contributed by atoms with E-state index in [9.17, 15) is 13.2 Å². The highest BCUT2D eigenvalue weighted by atomic mass is 32.2. The zero-order valence-electron chi connectivity index (χ0n) is 20.0. The van der Waals surface area contributed by atoms with Crippen molar-refractivity contribution in [1.29, 1.82) is 0 Å². The maximum Gasteiger partial charge on any atom is 0.241 e. The zero-order chi connectivity index (χ0) is 24.2. The van der Waals surface area contributed by atoms with E-state index in [0.29, 0.717) is 30.5 Å². The first kappa shape index (κ1) is 24.9. The Hall–Kier alpha value is -2.71. The summed E-state index contributed by atoms with van der Waals surface area (Å²) in [5.74, 6) is -0.110. The Kier molecular flexibility index (Phi) is 7.92. The molecular formula is C25H33N3O4S. The predicted octanol–water partition coefficient (Wildman–Crippen LogP) is 4.58. The van der Waals surface area contributed by atoms with Crippen LogP contribution in [0.5, 0.6) is 0 Å². The van der Waals surface area contributed by atoms with Crippen LogP contribution in [0, 0.1) is 19.8 Å². The number of carbonyl (C=O) groups is 1. The molecule has 0 saturated carbocycles. The monoisotopic (exact) mass is 471 g/mol. The van der Waals surface area contributed by atoms with Gasteiger partial charge in [0.2, 0.25) is 15.9 Å². The number of rotatable bonds is 10. The minimum Gasteiger partial charge on any atom is -0.464 e. The van der Waals surface area contributed by atoms with Gasteiger partial charge in [-0.2, -0.15) is 4.72 Å². The smallest absolute Gasteiger partial charge is 0.241 e. The number of hydrogen-bond acceptors (Lipinski definition) is 5. The van der Waals surface area contributed by atoms with Gasteiger partial charge in [-0.05, 0) is 74.1 Å². The molecule has 0 radical (unpaired) electrons. The van der Waals surface area contributed by atoms with Gasteiger partial charge in [-0.1, -0.05) is 20.8 Å². The van der Waals surface area contributed by atoms with E-state index >= 15 is 0 Å². The van der Waals surface area contributed by atoms with Crippen molar-refractivity contribution in [3.63, 3.8) is 0 Å². The van der Waals surface area contributed by atoms with Gasteiger partial charge in [-0.15, -0.1) is 0 Å². The third-order valence-electron chi connectivity index (χ3n) is 5.76. The van der Waals surface area contributed by atoms with Crippen LogP contribution < -0.4 is 4.72 Å². The lowest BCUT2D eigenvalue weighted by molar-refractivity contribution is -0.134. The van der Waals surface area contributed by atoms with Crippen molar-refractivity contribution in [1.82, 2.24) is 14.6 Å². The Morgan fingerprint density at radius 3 is 2.64 bits per heavy atom. The van der Waals surface area contributed by atoms with Crippen molar-refractivity contribution < 1.29 is 17.6 Å². The van der Waals surface area contributed by atoms with Crippen molar-refractivity contribution in [2.75, 3.05) is 6.54 Å². The fraction of sp³-hybridized carbons (Fsp3) is 0.440. The van der Waals surface area contributed by atoms with Gasteiger partial charge in [0.1, 0.15) is 11.6 Å². The highest BCUT2D eigenvalue weighted by molar-refractivity contribution is 7.89. The summed E-state index contributed by atoms with van der Waals surface area (Å²) in [6.45, 7) is 10.8. The standard InChI is InChI=1S/C25H33N3O4S/c1-6-12-28(16-23-19(5)18(4)9-11-26-23)25(29)22(14-17(2)3)27-33(30,31)21-7-8-24-20(15-21)10-13-32-24/h7-11,13,15,17,22,27H,6,12,14,16H2,1-5H3/t22-/m0/s1. The molecule has 0 bridgehead atoms. The van der Waals surface area contributed by atoms with Gasteiger partial charge >= 0.3 is 0 Å². The van der Waals surface area contributed by atoms with Crippen LogP contribution in [0.1, 0.15) is 50.4 Å². The second kappa shape index (κ2) is 10.5. The molecule has 1 amide bonds. The van der Waals surface area contributed by atoms with Gasteiger partial charge in [0.25, 0.3) is 0 Å². The molecule has 178 valence electrons. The van der Waals surface area contributed by atoms with Crippen LogP contribution >= 0.6 is 0 Å². The lowest BCUT2D eigenvalue weighted by Crippen LogP contribution is -2.49. The number of amides is 1. The van der Waals surface area contributed by atoms with Crippen LogP contribution in [0.25, 0.3) is 11.0 Å². The number of fused-ring (bicyclic) bond motifs is 1. The number of benzene rings is 1. The molecule has 3 aromatic rings. The maximum atomic E-state index is 13.6. The number of furan rings is 1. The first-order chi connectivity index (χ1) is 15.6. The Morgan fingerprint density at radius 2 is 1.94 bits per heavy atom. The molecule has 0 spiro atoms. The Bertz CT molecular complexity index is 1220. The van der Waals surface area contributed by atoms with E-state index in [1.54, 1.807) is 29.3 Å². The Labute approximate surface area is 196 Å². The van der Waals surface area contributed by atoms with Crippen LogP contribution in [0.4, 0.5) is 0 Å². The molecule has 0 aliphatic heterocycles. The number of nitrogens with one attached hydrogen (secondary N) is 1. The lowest BCUT2D eigenvalue weighted by atomic mass is 10.0. The molecule has 0 saturated heterocycles. The molecule has 1 aromatic carbocycles. The van der Waals surface area contributed by atoms with Crippen LogP contribution in [0.2, 0.25) is 0 Å². The molecule has 8 heteroatoms. The average molecular weight is 472 g/mol. The van der Waals surface area contributed by atoms with Gasteiger partial charge in [-0.25, -0.2) is 8.42 Å². The topological polar surface area (TPSA) is 92.5 Å². The second-order valence-electron chi connectivity index (χ2n) is 8.88. The molecule has 3 rings (SSSR count). The molecule has 2 heterocycles. The lowest BCUT2D eigenvalue weighted by Gasteiger charge is -2.29. The summed E-state index contributed by atoms with van der Waals surface area (Å²) >= 11 is 0. The largest absolute Gasteiger partial charge is 0.464 e. The number of hydrogen-bond donors (Lipinski definition) is 1. The summed E-state index contributed by atoms with van der Waals surface area (Å²) in [4.78, 5) is 19.9. The Balaban J connectivity index is 1.88. The summed E-state index contributed by atoms with van der Waals surface area (Å²) in [5, 5.41) is 0.693. The molecule has 2 aromatic heterocycles. The zero-order valence-corrected chi connectivity index (χ0v) is 20.8. The molecule has 7 nitrogen and oxygen atoms in total. The Morgan fingerprint density at radius 1 is 1.18 bits per heavy atom. The van der Waals surface area contributed by atoms with Crippen LogP contribution in [0.3, 0.4) is 0 Å². The molecule has 0 fully saturated rings. The van der Waals surface area contributed by atoms with Crippen molar-refractivity contribution >= 4 is 26.9 Å². The second-order valence-corrected chi connectivity index (χ2v) is 10.6. The van der Waals surface area contributed by atoms with Crippen LogP contribution in [-0.2, 0) is 21.4 Å². The van der Waals surface area contributed by atoms with Gasteiger partial charge in [0.15, 0.2) is 0 Å². The highest BCUT2D eigenvalue weighted by Gasteiger charge is 2.30. The van der Waals surface area contributed by atoms with Gasteiger partial charge in [-0.3, -0.25) is 9.78 Å². The van der Waals surface area contributed by atoms with E-state index in [1.165, 1.54) is 12.3 Å². The van der Waals surface area contributed by atoms with Crippen molar-refractivity contribution in [3.8, 4) is 0 Å². The molecule has 1 atom stereocenters.